The number of carboxylic acid groups (broad SMARTS) is 1. The van der Waals surface area contributed by atoms with E-state index in [0.29, 0.717) is 5.57 Å². The number of aliphatic carboxylic acids is 1. The number of hydrogen-bond donors (Lipinski definition) is 1. The quantitative estimate of drug-likeness (QED) is 0.415. The average Bonchev–Trinajstić information content (AvgIpc) is 2.08. The fourth-order valence-electron chi connectivity index (χ4n) is 1.03. The third kappa shape index (κ3) is 9.69. The van der Waals surface area contributed by atoms with Crippen LogP contribution in [-0.4, -0.2) is 26.0 Å². The molecule has 0 aromatic rings. The number of allylic oxidation sites excluding steroid dienone is 1. The standard InChI is InChI=1S/C11H22O3Si/c1-10(11(12)13)8-6-5-7-9-14-15(2,3)4/h8H,5-7,9H2,1-4H3,(H,12,13). The molecule has 0 radical (unpaired) electrons. The van der Waals surface area contributed by atoms with Crippen LogP contribution in [0.5, 0.6) is 0 Å². The summed E-state index contributed by atoms with van der Waals surface area (Å²) in [4.78, 5) is 10.5. The summed E-state index contributed by atoms with van der Waals surface area (Å²) < 4.78 is 5.69. The maximum Gasteiger partial charge on any atom is 0.330 e. The third-order valence-corrected chi connectivity index (χ3v) is 2.99. The van der Waals surface area contributed by atoms with Crippen LogP contribution in [0.4, 0.5) is 0 Å². The number of carbonyl (C=O) groups is 1. The highest BCUT2D eigenvalue weighted by Gasteiger charge is 2.12. The topological polar surface area (TPSA) is 46.5 Å². The Kier molecular flexibility index (Phi) is 6.52. The lowest BCUT2D eigenvalue weighted by atomic mass is 10.2. The van der Waals surface area contributed by atoms with Crippen LogP contribution in [0.3, 0.4) is 0 Å². The van der Waals surface area contributed by atoms with Gasteiger partial charge in [0.2, 0.25) is 0 Å². The van der Waals surface area contributed by atoms with Gasteiger partial charge in [0.15, 0.2) is 8.32 Å². The summed E-state index contributed by atoms with van der Waals surface area (Å²) in [5.41, 5.74) is 0.432. The normalized spacial score (nSPS) is 12.9. The van der Waals surface area contributed by atoms with Crippen molar-refractivity contribution in [2.24, 2.45) is 0 Å². The molecule has 0 aliphatic rings. The molecule has 1 N–H and O–H groups in total. The summed E-state index contributed by atoms with van der Waals surface area (Å²) in [5.74, 6) is -0.826. The average molecular weight is 230 g/mol. The summed E-state index contributed by atoms with van der Waals surface area (Å²) in [5, 5.41) is 8.60. The summed E-state index contributed by atoms with van der Waals surface area (Å²) in [7, 11) is -1.37. The first-order chi connectivity index (χ1) is 6.83. The number of rotatable bonds is 7. The molecular formula is C11H22O3Si. The molecular weight excluding hydrogens is 208 g/mol. The minimum atomic E-state index is -1.37. The van der Waals surface area contributed by atoms with Crippen molar-refractivity contribution >= 4 is 14.3 Å². The first kappa shape index (κ1) is 14.4. The lowest BCUT2D eigenvalue weighted by Gasteiger charge is -2.16. The van der Waals surface area contributed by atoms with Gasteiger partial charge in [0.1, 0.15) is 0 Å². The van der Waals surface area contributed by atoms with Gasteiger partial charge in [0.25, 0.3) is 0 Å². The smallest absolute Gasteiger partial charge is 0.330 e. The maximum absolute atomic E-state index is 10.5. The Bertz CT molecular complexity index is 228. The van der Waals surface area contributed by atoms with Crippen LogP contribution in [0, 0.1) is 0 Å². The Hall–Kier alpha value is -0.613. The highest BCUT2D eigenvalue weighted by atomic mass is 28.4. The first-order valence-corrected chi connectivity index (χ1v) is 8.78. The molecule has 4 heteroatoms. The van der Waals surface area contributed by atoms with Crippen molar-refractivity contribution in [1.29, 1.82) is 0 Å². The molecule has 88 valence electrons. The van der Waals surface area contributed by atoms with E-state index in [9.17, 15) is 4.79 Å². The SMILES string of the molecule is CC(=CCCCCO[Si](C)(C)C)C(=O)O. The molecule has 0 heterocycles. The van der Waals surface area contributed by atoms with Crippen LogP contribution in [-0.2, 0) is 9.22 Å². The predicted octanol–water partition coefficient (Wildman–Crippen LogP) is 3.04. The molecule has 0 aromatic heterocycles. The Morgan fingerprint density at radius 3 is 2.40 bits per heavy atom. The zero-order valence-electron chi connectivity index (χ0n) is 10.2. The second kappa shape index (κ2) is 6.79. The van der Waals surface area contributed by atoms with Crippen molar-refractivity contribution in [2.75, 3.05) is 6.61 Å². The molecule has 0 aliphatic heterocycles. The summed E-state index contributed by atoms with van der Waals surface area (Å²) in [6, 6.07) is 0. The Morgan fingerprint density at radius 2 is 1.93 bits per heavy atom. The van der Waals surface area contributed by atoms with Crippen molar-refractivity contribution in [1.82, 2.24) is 0 Å². The Balaban J connectivity index is 3.48. The van der Waals surface area contributed by atoms with Gasteiger partial charge in [-0.05, 0) is 45.8 Å². The molecule has 3 nitrogen and oxygen atoms in total. The molecule has 0 amide bonds. The Morgan fingerprint density at radius 1 is 1.33 bits per heavy atom. The van der Waals surface area contributed by atoms with E-state index in [4.69, 9.17) is 9.53 Å². The van der Waals surface area contributed by atoms with Crippen LogP contribution in [0.2, 0.25) is 19.6 Å². The van der Waals surface area contributed by atoms with E-state index in [1.54, 1.807) is 13.0 Å². The van der Waals surface area contributed by atoms with Gasteiger partial charge in [-0.3, -0.25) is 0 Å². The molecule has 0 saturated heterocycles. The molecule has 0 aliphatic carbocycles. The van der Waals surface area contributed by atoms with Gasteiger partial charge in [-0.1, -0.05) is 6.08 Å². The van der Waals surface area contributed by atoms with Gasteiger partial charge < -0.3 is 9.53 Å². The monoisotopic (exact) mass is 230 g/mol. The number of hydrogen-bond acceptors (Lipinski definition) is 2. The fraction of sp³-hybridized carbons (Fsp3) is 0.727. The highest BCUT2D eigenvalue weighted by Crippen LogP contribution is 2.06. The van der Waals surface area contributed by atoms with E-state index in [1.165, 1.54) is 0 Å². The highest BCUT2D eigenvalue weighted by molar-refractivity contribution is 6.69. The van der Waals surface area contributed by atoms with Crippen LogP contribution in [0.1, 0.15) is 26.2 Å². The molecule has 0 rings (SSSR count). The summed E-state index contributed by atoms with van der Waals surface area (Å²) >= 11 is 0. The molecule has 0 atom stereocenters. The lowest BCUT2D eigenvalue weighted by Crippen LogP contribution is -2.25. The van der Waals surface area contributed by atoms with Gasteiger partial charge in [0.05, 0.1) is 0 Å². The molecule has 15 heavy (non-hydrogen) atoms. The van der Waals surface area contributed by atoms with Crippen molar-refractivity contribution in [2.45, 2.75) is 45.8 Å². The van der Waals surface area contributed by atoms with E-state index >= 15 is 0 Å². The Labute approximate surface area is 93.3 Å². The van der Waals surface area contributed by atoms with Crippen molar-refractivity contribution in [3.05, 3.63) is 11.6 Å². The van der Waals surface area contributed by atoms with Crippen LogP contribution < -0.4 is 0 Å². The molecule has 0 spiro atoms. The second-order valence-electron chi connectivity index (χ2n) is 4.65. The molecule has 0 aromatic carbocycles. The van der Waals surface area contributed by atoms with Crippen LogP contribution in [0.15, 0.2) is 11.6 Å². The van der Waals surface area contributed by atoms with Gasteiger partial charge in [0, 0.05) is 12.2 Å². The van der Waals surface area contributed by atoms with Gasteiger partial charge in [-0.15, -0.1) is 0 Å². The minimum Gasteiger partial charge on any atom is -0.478 e. The van der Waals surface area contributed by atoms with Gasteiger partial charge in [-0.2, -0.15) is 0 Å². The maximum atomic E-state index is 10.5. The summed E-state index contributed by atoms with van der Waals surface area (Å²) in [6.07, 6.45) is 4.60. The zero-order valence-corrected chi connectivity index (χ0v) is 11.2. The largest absolute Gasteiger partial charge is 0.478 e. The van der Waals surface area contributed by atoms with Gasteiger partial charge in [-0.25, -0.2) is 4.79 Å². The molecule has 0 bridgehead atoms. The van der Waals surface area contributed by atoms with Crippen molar-refractivity contribution in [3.8, 4) is 0 Å². The second-order valence-corrected chi connectivity index (χ2v) is 9.16. The number of unbranched alkanes of at least 4 members (excludes halogenated alkanes) is 2. The van der Waals surface area contributed by atoms with E-state index in [1.807, 2.05) is 0 Å². The zero-order chi connectivity index (χ0) is 11.9. The fourth-order valence-corrected chi connectivity index (χ4v) is 1.79. The van der Waals surface area contributed by atoms with E-state index in [0.717, 1.165) is 25.9 Å². The van der Waals surface area contributed by atoms with Gasteiger partial charge >= 0.3 is 5.97 Å². The number of carboxylic acids is 1. The van der Waals surface area contributed by atoms with Crippen LogP contribution >= 0.6 is 0 Å². The van der Waals surface area contributed by atoms with E-state index in [2.05, 4.69) is 19.6 Å². The third-order valence-electron chi connectivity index (χ3n) is 1.92. The van der Waals surface area contributed by atoms with E-state index in [-0.39, 0.29) is 0 Å². The lowest BCUT2D eigenvalue weighted by molar-refractivity contribution is -0.132. The summed E-state index contributed by atoms with van der Waals surface area (Å²) in [6.45, 7) is 8.93. The molecule has 0 saturated carbocycles. The van der Waals surface area contributed by atoms with Crippen molar-refractivity contribution < 1.29 is 14.3 Å². The first-order valence-electron chi connectivity index (χ1n) is 5.37. The molecule has 0 fully saturated rings. The predicted molar refractivity (Wildman–Crippen MR) is 64.5 cm³/mol. The molecule has 0 unspecified atom stereocenters. The minimum absolute atomic E-state index is 0.432. The van der Waals surface area contributed by atoms with E-state index < -0.39 is 14.3 Å². The van der Waals surface area contributed by atoms with Crippen LogP contribution in [0.25, 0.3) is 0 Å². The van der Waals surface area contributed by atoms with Crippen molar-refractivity contribution in [3.63, 3.8) is 0 Å².